The third-order valence-corrected chi connectivity index (χ3v) is 7.89. The third kappa shape index (κ3) is 5.53. The second-order valence-electron chi connectivity index (χ2n) is 7.51. The molecule has 0 unspecified atom stereocenters. The fourth-order valence-corrected chi connectivity index (χ4v) is 6.39. The third-order valence-electron chi connectivity index (χ3n) is 5.28. The summed E-state index contributed by atoms with van der Waals surface area (Å²) in [5, 5.41) is 3.01. The molecular formula is C26H31P. The zero-order valence-electron chi connectivity index (χ0n) is 16.9. The Morgan fingerprint density at radius 1 is 0.630 bits per heavy atom. The molecule has 27 heavy (non-hydrogen) atoms. The lowest BCUT2D eigenvalue weighted by Crippen LogP contribution is -2.13. The van der Waals surface area contributed by atoms with Gasteiger partial charge in [0.15, 0.2) is 0 Å². The summed E-state index contributed by atoms with van der Waals surface area (Å²) in [7, 11) is -0.239. The van der Waals surface area contributed by atoms with Gasteiger partial charge in [0.25, 0.3) is 0 Å². The van der Waals surface area contributed by atoms with E-state index in [1.165, 1.54) is 59.1 Å². The topological polar surface area (TPSA) is 0 Å². The number of rotatable bonds is 8. The molecule has 0 radical (unpaired) electrons. The summed E-state index contributed by atoms with van der Waals surface area (Å²) in [4.78, 5) is 0. The van der Waals surface area contributed by atoms with Crippen LogP contribution in [0.2, 0.25) is 0 Å². The van der Waals surface area contributed by atoms with Crippen molar-refractivity contribution in [3.05, 3.63) is 95.1 Å². The molecule has 1 heteroatoms. The minimum Gasteiger partial charge on any atom is -0.0622 e. The molecule has 0 amide bonds. The Balaban J connectivity index is 1.57. The summed E-state index contributed by atoms with van der Waals surface area (Å²) < 4.78 is 0. The van der Waals surface area contributed by atoms with Crippen LogP contribution >= 0.6 is 7.92 Å². The first kappa shape index (κ1) is 19.8. The van der Waals surface area contributed by atoms with Gasteiger partial charge in [0.05, 0.1) is 0 Å². The Morgan fingerprint density at radius 2 is 1.15 bits per heavy atom. The highest BCUT2D eigenvalue weighted by atomic mass is 31.1. The summed E-state index contributed by atoms with van der Waals surface area (Å²) in [6.45, 7) is 6.72. The van der Waals surface area contributed by atoms with Crippen LogP contribution in [0.1, 0.15) is 41.5 Å². The van der Waals surface area contributed by atoms with Crippen LogP contribution in [0.5, 0.6) is 0 Å². The summed E-state index contributed by atoms with van der Waals surface area (Å²) in [6, 6.07) is 26.8. The van der Waals surface area contributed by atoms with Gasteiger partial charge in [-0.2, -0.15) is 0 Å². The van der Waals surface area contributed by atoms with E-state index in [1.807, 2.05) is 0 Å². The van der Waals surface area contributed by atoms with Gasteiger partial charge in [-0.3, -0.25) is 0 Å². The van der Waals surface area contributed by atoms with E-state index in [0.29, 0.717) is 0 Å². The lowest BCUT2D eigenvalue weighted by Gasteiger charge is -2.19. The predicted octanol–water partition coefficient (Wildman–Crippen LogP) is 6.46. The molecule has 0 fully saturated rings. The van der Waals surface area contributed by atoms with E-state index in [1.54, 1.807) is 5.56 Å². The highest BCUT2D eigenvalue weighted by Crippen LogP contribution is 2.34. The van der Waals surface area contributed by atoms with E-state index in [2.05, 4.69) is 93.6 Å². The standard InChI is InChI=1S/C26H31P/c1-21-19-22(2)26(23(3)20-21)17-11-6-12-18-27(24-13-7-4-8-14-24)25-15-9-5-10-16-25/h4-5,7-10,13-16,19-20H,6,11-12,17-18H2,1-3H3. The van der Waals surface area contributed by atoms with E-state index in [9.17, 15) is 0 Å². The summed E-state index contributed by atoms with van der Waals surface area (Å²) >= 11 is 0. The highest BCUT2D eigenvalue weighted by Gasteiger charge is 2.13. The molecule has 3 aromatic carbocycles. The molecule has 0 saturated carbocycles. The minimum atomic E-state index is -0.239. The molecule has 0 aromatic heterocycles. The highest BCUT2D eigenvalue weighted by molar-refractivity contribution is 7.73. The second kappa shape index (κ2) is 9.86. The maximum atomic E-state index is 2.33. The van der Waals surface area contributed by atoms with Crippen molar-refractivity contribution in [1.29, 1.82) is 0 Å². The lowest BCUT2D eigenvalue weighted by molar-refractivity contribution is 0.717. The molecule has 0 spiro atoms. The Labute approximate surface area is 166 Å². The first-order valence-corrected chi connectivity index (χ1v) is 11.6. The average Bonchev–Trinajstić information content (AvgIpc) is 2.67. The maximum Gasteiger partial charge on any atom is -0.0195 e. The zero-order chi connectivity index (χ0) is 19.1. The molecule has 3 aromatic rings. The molecule has 140 valence electrons. The molecule has 0 bridgehead atoms. The zero-order valence-corrected chi connectivity index (χ0v) is 17.8. The molecule has 0 atom stereocenters. The van der Waals surface area contributed by atoms with Gasteiger partial charge in [-0.25, -0.2) is 0 Å². The molecule has 0 heterocycles. The molecule has 0 aliphatic rings. The molecule has 0 saturated heterocycles. The Morgan fingerprint density at radius 3 is 1.67 bits per heavy atom. The summed E-state index contributed by atoms with van der Waals surface area (Å²) in [5.74, 6) is 0. The second-order valence-corrected chi connectivity index (χ2v) is 9.85. The van der Waals surface area contributed by atoms with Crippen molar-refractivity contribution < 1.29 is 0 Å². The van der Waals surface area contributed by atoms with E-state index in [-0.39, 0.29) is 7.92 Å². The maximum absolute atomic E-state index is 2.33. The van der Waals surface area contributed by atoms with Crippen LogP contribution in [0.3, 0.4) is 0 Å². The molecule has 0 aliphatic heterocycles. The van der Waals surface area contributed by atoms with Gasteiger partial charge >= 0.3 is 0 Å². The number of hydrogen-bond donors (Lipinski definition) is 0. The van der Waals surface area contributed by atoms with E-state index < -0.39 is 0 Å². The SMILES string of the molecule is Cc1cc(C)c(CCCCCP(c2ccccc2)c2ccccc2)c(C)c1. The normalized spacial score (nSPS) is 11.1. The van der Waals surface area contributed by atoms with E-state index in [4.69, 9.17) is 0 Å². The number of benzene rings is 3. The predicted molar refractivity (Wildman–Crippen MR) is 122 cm³/mol. The van der Waals surface area contributed by atoms with Crippen LogP contribution in [-0.2, 0) is 6.42 Å². The Hall–Kier alpha value is -1.91. The quantitative estimate of drug-likeness (QED) is 0.314. The van der Waals surface area contributed by atoms with Crippen molar-refractivity contribution in [1.82, 2.24) is 0 Å². The fraction of sp³-hybridized carbons (Fsp3) is 0.308. The Bertz CT molecular complexity index is 774. The first-order chi connectivity index (χ1) is 13.1. The Kier molecular flexibility index (Phi) is 7.25. The van der Waals surface area contributed by atoms with Crippen molar-refractivity contribution in [2.45, 2.75) is 46.5 Å². The molecule has 0 N–H and O–H groups in total. The van der Waals surface area contributed by atoms with Gasteiger partial charge in [0, 0.05) is 0 Å². The fourth-order valence-electron chi connectivity index (χ4n) is 3.98. The summed E-state index contributed by atoms with van der Waals surface area (Å²) in [6.07, 6.45) is 6.41. The van der Waals surface area contributed by atoms with Crippen LogP contribution in [0, 0.1) is 20.8 Å². The van der Waals surface area contributed by atoms with Crippen LogP contribution in [-0.4, -0.2) is 6.16 Å². The smallest absolute Gasteiger partial charge is 0.0195 e. The molecule has 3 rings (SSSR count). The van der Waals surface area contributed by atoms with Crippen molar-refractivity contribution in [2.75, 3.05) is 6.16 Å². The molecular weight excluding hydrogens is 343 g/mol. The van der Waals surface area contributed by atoms with Crippen LogP contribution in [0.4, 0.5) is 0 Å². The van der Waals surface area contributed by atoms with Gasteiger partial charge in [0.1, 0.15) is 0 Å². The minimum absolute atomic E-state index is 0.239. The molecule has 0 aliphatic carbocycles. The van der Waals surface area contributed by atoms with E-state index in [0.717, 1.165) is 0 Å². The van der Waals surface area contributed by atoms with Crippen LogP contribution < -0.4 is 10.6 Å². The lowest BCUT2D eigenvalue weighted by atomic mass is 9.95. The van der Waals surface area contributed by atoms with Crippen LogP contribution in [0.25, 0.3) is 0 Å². The number of hydrogen-bond acceptors (Lipinski definition) is 0. The van der Waals surface area contributed by atoms with Gasteiger partial charge in [0.2, 0.25) is 0 Å². The molecule has 0 nitrogen and oxygen atoms in total. The van der Waals surface area contributed by atoms with Crippen molar-refractivity contribution in [3.63, 3.8) is 0 Å². The average molecular weight is 375 g/mol. The summed E-state index contributed by atoms with van der Waals surface area (Å²) in [5.41, 5.74) is 5.87. The van der Waals surface area contributed by atoms with Crippen molar-refractivity contribution >= 4 is 18.5 Å². The monoisotopic (exact) mass is 374 g/mol. The van der Waals surface area contributed by atoms with E-state index >= 15 is 0 Å². The van der Waals surface area contributed by atoms with Gasteiger partial charge < -0.3 is 0 Å². The first-order valence-electron chi connectivity index (χ1n) is 10.1. The number of aryl methyl sites for hydroxylation is 3. The number of unbranched alkanes of at least 4 members (excludes halogenated alkanes) is 2. The largest absolute Gasteiger partial charge is 0.0622 e. The van der Waals surface area contributed by atoms with Crippen LogP contribution in [0.15, 0.2) is 72.8 Å². The van der Waals surface area contributed by atoms with Crippen molar-refractivity contribution in [2.24, 2.45) is 0 Å². The van der Waals surface area contributed by atoms with Gasteiger partial charge in [-0.05, 0) is 81.4 Å². The van der Waals surface area contributed by atoms with Crippen molar-refractivity contribution in [3.8, 4) is 0 Å². The van der Waals surface area contributed by atoms with Gasteiger partial charge in [-0.15, -0.1) is 0 Å². The van der Waals surface area contributed by atoms with Gasteiger partial charge in [-0.1, -0.05) is 84.8 Å².